The average molecular weight is 264 g/mol. The Bertz CT molecular complexity index is 428. The van der Waals surface area contributed by atoms with Crippen molar-refractivity contribution >= 4 is 0 Å². The normalized spacial score (nSPS) is 29.5. The molecule has 0 spiro atoms. The number of rotatable bonds is 3. The molecular weight excluding hydrogens is 236 g/mol. The van der Waals surface area contributed by atoms with E-state index in [1.54, 1.807) is 0 Å². The van der Waals surface area contributed by atoms with Crippen LogP contribution in [0.4, 0.5) is 0 Å². The minimum absolute atomic E-state index is 0.216. The molecule has 3 heteroatoms. The first-order valence-electron chi connectivity index (χ1n) is 7.55. The molecule has 1 aliphatic carbocycles. The minimum atomic E-state index is -0.216. The highest BCUT2D eigenvalue weighted by molar-refractivity contribution is 5.25. The van der Waals surface area contributed by atoms with E-state index in [1.807, 2.05) is 18.7 Å². The molecule has 19 heavy (non-hydrogen) atoms. The van der Waals surface area contributed by atoms with Gasteiger partial charge in [0.15, 0.2) is 0 Å². The van der Waals surface area contributed by atoms with Gasteiger partial charge in [0.1, 0.15) is 0 Å². The summed E-state index contributed by atoms with van der Waals surface area (Å²) >= 11 is 0. The fraction of sp³-hybridized carbons (Fsp3) is 0.812. The van der Waals surface area contributed by atoms with Crippen LogP contribution in [0.3, 0.4) is 0 Å². The van der Waals surface area contributed by atoms with Crippen LogP contribution in [0, 0.1) is 31.6 Å². The number of aromatic nitrogens is 2. The molecule has 1 N–H and O–H groups in total. The van der Waals surface area contributed by atoms with Gasteiger partial charge < -0.3 is 5.11 Å². The molecule has 0 amide bonds. The van der Waals surface area contributed by atoms with Gasteiger partial charge in [0.05, 0.1) is 11.8 Å². The van der Waals surface area contributed by atoms with Crippen molar-refractivity contribution in [3.63, 3.8) is 0 Å². The molecule has 0 saturated heterocycles. The van der Waals surface area contributed by atoms with Crippen molar-refractivity contribution in [2.45, 2.75) is 59.5 Å². The Morgan fingerprint density at radius 2 is 1.79 bits per heavy atom. The van der Waals surface area contributed by atoms with Gasteiger partial charge in [-0.25, -0.2) is 0 Å². The maximum absolute atomic E-state index is 10.6. The maximum Gasteiger partial charge on any atom is 0.0629 e. The van der Waals surface area contributed by atoms with Gasteiger partial charge in [-0.15, -0.1) is 0 Å². The van der Waals surface area contributed by atoms with E-state index in [0.717, 1.165) is 24.0 Å². The Hall–Kier alpha value is -0.830. The molecule has 1 saturated carbocycles. The number of aryl methyl sites for hydroxylation is 2. The quantitative estimate of drug-likeness (QED) is 0.911. The van der Waals surface area contributed by atoms with Crippen molar-refractivity contribution in [3.05, 3.63) is 17.0 Å². The molecule has 1 aliphatic rings. The van der Waals surface area contributed by atoms with E-state index < -0.39 is 0 Å². The van der Waals surface area contributed by atoms with Crippen LogP contribution in [0.15, 0.2) is 0 Å². The van der Waals surface area contributed by atoms with E-state index in [-0.39, 0.29) is 6.10 Å². The molecule has 0 aromatic carbocycles. The number of aliphatic hydroxyl groups excluding tert-OH is 1. The van der Waals surface area contributed by atoms with E-state index in [9.17, 15) is 5.11 Å². The molecule has 3 atom stereocenters. The third-order valence-electron chi connectivity index (χ3n) is 4.83. The number of aliphatic hydroxyl groups is 1. The van der Waals surface area contributed by atoms with Crippen molar-refractivity contribution in [1.29, 1.82) is 0 Å². The lowest BCUT2D eigenvalue weighted by Gasteiger charge is -2.34. The third kappa shape index (κ3) is 3.19. The number of nitrogens with zero attached hydrogens (tertiary/aromatic N) is 2. The first kappa shape index (κ1) is 14.6. The first-order valence-corrected chi connectivity index (χ1v) is 7.55. The van der Waals surface area contributed by atoms with Crippen molar-refractivity contribution < 1.29 is 5.11 Å². The Morgan fingerprint density at radius 1 is 1.21 bits per heavy atom. The Morgan fingerprint density at radius 3 is 2.26 bits per heavy atom. The molecule has 3 nitrogen and oxygen atoms in total. The van der Waals surface area contributed by atoms with E-state index in [4.69, 9.17) is 0 Å². The van der Waals surface area contributed by atoms with Crippen LogP contribution in [0.25, 0.3) is 0 Å². The van der Waals surface area contributed by atoms with Gasteiger partial charge in [0.25, 0.3) is 0 Å². The summed E-state index contributed by atoms with van der Waals surface area (Å²) in [6.45, 7) is 8.77. The van der Waals surface area contributed by atoms with Crippen LogP contribution >= 0.6 is 0 Å². The van der Waals surface area contributed by atoms with Gasteiger partial charge in [-0.1, -0.05) is 13.8 Å². The van der Waals surface area contributed by atoms with Gasteiger partial charge in [0, 0.05) is 19.2 Å². The Balaban J connectivity index is 2.06. The van der Waals surface area contributed by atoms with Gasteiger partial charge in [-0.2, -0.15) is 5.10 Å². The summed E-state index contributed by atoms with van der Waals surface area (Å²) in [5, 5.41) is 15.0. The molecule has 1 aromatic rings. The fourth-order valence-electron chi connectivity index (χ4n) is 3.81. The zero-order valence-corrected chi connectivity index (χ0v) is 13.0. The Kier molecular flexibility index (Phi) is 4.34. The summed E-state index contributed by atoms with van der Waals surface area (Å²) < 4.78 is 1.92. The van der Waals surface area contributed by atoms with Crippen LogP contribution in [0.5, 0.6) is 0 Å². The van der Waals surface area contributed by atoms with Gasteiger partial charge in [-0.3, -0.25) is 4.68 Å². The SMILES string of the molecule is Cc1nn(C)c(C)c1CC(O)C1CC(C)CC(C)C1. The summed E-state index contributed by atoms with van der Waals surface area (Å²) in [6, 6.07) is 0. The molecule has 0 radical (unpaired) electrons. The lowest BCUT2D eigenvalue weighted by molar-refractivity contribution is 0.0559. The highest BCUT2D eigenvalue weighted by Gasteiger charge is 2.29. The predicted octanol–water partition coefficient (Wildman–Crippen LogP) is 3.01. The van der Waals surface area contributed by atoms with Crippen molar-refractivity contribution in [2.24, 2.45) is 24.8 Å². The topological polar surface area (TPSA) is 38.0 Å². The highest BCUT2D eigenvalue weighted by Crippen LogP contribution is 2.35. The van der Waals surface area contributed by atoms with E-state index in [2.05, 4.69) is 25.9 Å². The molecule has 2 rings (SSSR count). The summed E-state index contributed by atoms with van der Waals surface area (Å²) in [5.74, 6) is 1.96. The fourth-order valence-corrected chi connectivity index (χ4v) is 3.81. The van der Waals surface area contributed by atoms with E-state index >= 15 is 0 Å². The van der Waals surface area contributed by atoms with Gasteiger partial charge >= 0.3 is 0 Å². The first-order chi connectivity index (χ1) is 8.88. The van der Waals surface area contributed by atoms with Crippen molar-refractivity contribution in [2.75, 3.05) is 0 Å². The maximum atomic E-state index is 10.6. The minimum Gasteiger partial charge on any atom is -0.392 e. The summed E-state index contributed by atoms with van der Waals surface area (Å²) in [6.07, 6.45) is 4.20. The van der Waals surface area contributed by atoms with Gasteiger partial charge in [-0.05, 0) is 56.4 Å². The standard InChI is InChI=1S/C16H28N2O/c1-10-6-11(2)8-14(7-10)16(19)9-15-12(3)17-18(5)13(15)4/h10-11,14,16,19H,6-9H2,1-5H3. The van der Waals surface area contributed by atoms with Gasteiger partial charge in [0.2, 0.25) is 0 Å². The second kappa shape index (κ2) is 5.66. The molecule has 1 aromatic heterocycles. The second-order valence-electron chi connectivity index (χ2n) is 6.72. The van der Waals surface area contributed by atoms with Crippen LogP contribution in [0.2, 0.25) is 0 Å². The summed E-state index contributed by atoms with van der Waals surface area (Å²) in [7, 11) is 1.98. The van der Waals surface area contributed by atoms with Crippen LogP contribution < -0.4 is 0 Å². The molecular formula is C16H28N2O. The number of hydrogen-bond acceptors (Lipinski definition) is 2. The number of hydrogen-bond donors (Lipinski definition) is 1. The zero-order valence-electron chi connectivity index (χ0n) is 13.0. The van der Waals surface area contributed by atoms with Crippen LogP contribution in [-0.4, -0.2) is 21.0 Å². The Labute approximate surface area is 117 Å². The molecule has 1 heterocycles. The van der Waals surface area contributed by atoms with Crippen LogP contribution in [0.1, 0.15) is 50.1 Å². The average Bonchev–Trinajstić information content (AvgIpc) is 2.54. The highest BCUT2D eigenvalue weighted by atomic mass is 16.3. The largest absolute Gasteiger partial charge is 0.392 e. The zero-order chi connectivity index (χ0) is 14.2. The van der Waals surface area contributed by atoms with E-state index in [0.29, 0.717) is 5.92 Å². The second-order valence-corrected chi connectivity index (χ2v) is 6.72. The summed E-state index contributed by atoms with van der Waals surface area (Å²) in [4.78, 5) is 0. The predicted molar refractivity (Wildman–Crippen MR) is 78.1 cm³/mol. The lowest BCUT2D eigenvalue weighted by Crippen LogP contribution is -2.31. The smallest absolute Gasteiger partial charge is 0.0629 e. The van der Waals surface area contributed by atoms with Crippen LogP contribution in [-0.2, 0) is 13.5 Å². The van der Waals surface area contributed by atoms with E-state index in [1.165, 1.54) is 30.5 Å². The molecule has 108 valence electrons. The summed E-state index contributed by atoms with van der Waals surface area (Å²) in [5.41, 5.74) is 3.49. The third-order valence-corrected chi connectivity index (χ3v) is 4.83. The van der Waals surface area contributed by atoms with Crippen molar-refractivity contribution in [3.8, 4) is 0 Å². The monoisotopic (exact) mass is 264 g/mol. The molecule has 0 aliphatic heterocycles. The molecule has 1 fully saturated rings. The van der Waals surface area contributed by atoms with Crippen molar-refractivity contribution in [1.82, 2.24) is 9.78 Å². The lowest BCUT2D eigenvalue weighted by atomic mass is 9.73. The molecule has 0 bridgehead atoms. The molecule has 3 unspecified atom stereocenters.